The summed E-state index contributed by atoms with van der Waals surface area (Å²) in [5.74, 6) is -0.772. The number of amides is 1. The molecule has 39 heavy (non-hydrogen) atoms. The number of carbonyl (C=O) groups is 2. The molecule has 3 N–H and O–H groups in total. The van der Waals surface area contributed by atoms with Crippen LogP contribution < -0.4 is 10.6 Å². The fraction of sp³-hybridized carbons (Fsp3) is 0.394. The van der Waals surface area contributed by atoms with Crippen molar-refractivity contribution in [3.63, 3.8) is 0 Å². The fourth-order valence-electron chi connectivity index (χ4n) is 4.22. The Hall–Kier alpha value is -3.64. The van der Waals surface area contributed by atoms with Crippen molar-refractivity contribution in [3.8, 4) is 11.1 Å². The zero-order valence-corrected chi connectivity index (χ0v) is 23.8. The van der Waals surface area contributed by atoms with E-state index in [0.717, 1.165) is 12.1 Å². The van der Waals surface area contributed by atoms with Gasteiger partial charge in [-0.15, -0.1) is 0 Å². The first-order valence-electron chi connectivity index (χ1n) is 13.7. The summed E-state index contributed by atoms with van der Waals surface area (Å²) in [6.07, 6.45) is 0.687. The third kappa shape index (κ3) is 9.88. The number of benzene rings is 3. The van der Waals surface area contributed by atoms with Crippen LogP contribution in [0.5, 0.6) is 0 Å². The monoisotopic (exact) mass is 530 g/mol. The summed E-state index contributed by atoms with van der Waals surface area (Å²) in [6, 6.07) is 24.8. The Morgan fingerprint density at radius 3 is 1.97 bits per heavy atom. The smallest absolute Gasteiger partial charge is 0.305 e. The van der Waals surface area contributed by atoms with E-state index in [-0.39, 0.29) is 30.3 Å². The molecular formula is C33H42N2O4. The number of carboxylic acids is 1. The van der Waals surface area contributed by atoms with Crippen LogP contribution in [0.2, 0.25) is 0 Å². The average molecular weight is 531 g/mol. The maximum absolute atomic E-state index is 12.3. The lowest BCUT2D eigenvalue weighted by molar-refractivity contribution is -0.136. The van der Waals surface area contributed by atoms with Crippen LogP contribution in [-0.4, -0.2) is 42.8 Å². The van der Waals surface area contributed by atoms with Gasteiger partial charge in [0, 0.05) is 24.4 Å². The molecule has 0 spiro atoms. The highest BCUT2D eigenvalue weighted by molar-refractivity contribution is 5.94. The third-order valence-electron chi connectivity index (χ3n) is 6.43. The average Bonchev–Trinajstić information content (AvgIpc) is 2.88. The molecule has 0 aliphatic heterocycles. The van der Waals surface area contributed by atoms with Crippen LogP contribution in [0.25, 0.3) is 11.1 Å². The lowest BCUT2D eigenvalue weighted by Crippen LogP contribution is -2.29. The minimum Gasteiger partial charge on any atom is -0.481 e. The zero-order valence-electron chi connectivity index (χ0n) is 23.8. The summed E-state index contributed by atoms with van der Waals surface area (Å²) in [4.78, 5) is 22.9. The standard InChI is InChI=1S/C33H42N2O4/c1-23(2)21-39-22-30(35-29-16-12-27(13-17-29)32(38)34-19-18-31(36)37)20-24-6-8-25(9-7-24)26-10-14-28(15-11-26)33(3,4)5/h6-17,23,30,35H,18-22H2,1-5H3,(H,34,38)(H,36,37)/t30-/m1/s1. The molecule has 0 aliphatic rings. The van der Waals surface area contributed by atoms with Gasteiger partial charge in [0.1, 0.15) is 0 Å². The van der Waals surface area contributed by atoms with E-state index in [9.17, 15) is 9.59 Å². The highest BCUT2D eigenvalue weighted by atomic mass is 16.5. The minimum atomic E-state index is -0.940. The molecule has 3 aromatic carbocycles. The van der Waals surface area contributed by atoms with E-state index in [4.69, 9.17) is 9.84 Å². The number of nitrogens with one attached hydrogen (secondary N) is 2. The van der Waals surface area contributed by atoms with Gasteiger partial charge in [-0.05, 0) is 64.3 Å². The highest BCUT2D eigenvalue weighted by Gasteiger charge is 2.14. The van der Waals surface area contributed by atoms with Gasteiger partial charge in [0.25, 0.3) is 5.91 Å². The van der Waals surface area contributed by atoms with Gasteiger partial charge in [-0.25, -0.2) is 0 Å². The topological polar surface area (TPSA) is 87.7 Å². The number of anilines is 1. The third-order valence-corrected chi connectivity index (χ3v) is 6.43. The van der Waals surface area contributed by atoms with E-state index in [1.807, 2.05) is 12.1 Å². The number of rotatable bonds is 13. The van der Waals surface area contributed by atoms with E-state index in [2.05, 4.69) is 93.8 Å². The molecule has 6 nitrogen and oxygen atoms in total. The van der Waals surface area contributed by atoms with Crippen molar-refractivity contribution < 1.29 is 19.4 Å². The van der Waals surface area contributed by atoms with Crippen LogP contribution >= 0.6 is 0 Å². The molecule has 0 heterocycles. The molecule has 0 radical (unpaired) electrons. The van der Waals surface area contributed by atoms with Crippen molar-refractivity contribution in [2.45, 2.75) is 58.9 Å². The van der Waals surface area contributed by atoms with Gasteiger partial charge in [0.2, 0.25) is 0 Å². The number of carboxylic acid groups (broad SMARTS) is 1. The second-order valence-electron chi connectivity index (χ2n) is 11.5. The van der Waals surface area contributed by atoms with Crippen molar-refractivity contribution in [2.75, 3.05) is 25.1 Å². The molecule has 0 fully saturated rings. The molecule has 208 valence electrons. The van der Waals surface area contributed by atoms with Gasteiger partial charge in [-0.3, -0.25) is 9.59 Å². The summed E-state index contributed by atoms with van der Waals surface area (Å²) in [7, 11) is 0. The van der Waals surface area contributed by atoms with Gasteiger partial charge in [0.05, 0.1) is 19.1 Å². The SMILES string of the molecule is CC(C)COC[C@@H](Cc1ccc(-c2ccc(C(C)(C)C)cc2)cc1)Nc1ccc(C(=O)NCCC(=O)O)cc1. The molecule has 0 unspecified atom stereocenters. The van der Waals surface area contributed by atoms with Crippen LogP contribution in [0.1, 0.15) is 62.5 Å². The van der Waals surface area contributed by atoms with E-state index in [1.54, 1.807) is 12.1 Å². The Bertz CT molecular complexity index is 1190. The minimum absolute atomic E-state index is 0.0518. The molecule has 1 amide bonds. The van der Waals surface area contributed by atoms with E-state index in [0.29, 0.717) is 24.7 Å². The maximum atomic E-state index is 12.3. The predicted octanol–water partition coefficient (Wildman–Crippen LogP) is 6.55. The van der Waals surface area contributed by atoms with Crippen LogP contribution in [-0.2, 0) is 21.4 Å². The summed E-state index contributed by atoms with van der Waals surface area (Å²) >= 11 is 0. The van der Waals surface area contributed by atoms with Gasteiger partial charge >= 0.3 is 5.97 Å². The highest BCUT2D eigenvalue weighted by Crippen LogP contribution is 2.26. The van der Waals surface area contributed by atoms with Crippen molar-refractivity contribution in [1.29, 1.82) is 0 Å². The molecule has 0 aliphatic carbocycles. The summed E-state index contributed by atoms with van der Waals surface area (Å²) in [6.45, 7) is 12.3. The number of aliphatic carboxylic acids is 1. The first-order valence-corrected chi connectivity index (χ1v) is 13.7. The Morgan fingerprint density at radius 1 is 0.846 bits per heavy atom. The van der Waals surface area contributed by atoms with Crippen molar-refractivity contribution in [3.05, 3.63) is 89.5 Å². The molecule has 3 aromatic rings. The first kappa shape index (κ1) is 29.9. The van der Waals surface area contributed by atoms with Gasteiger partial charge < -0.3 is 20.5 Å². The molecule has 0 saturated heterocycles. The molecule has 0 bridgehead atoms. The fourth-order valence-corrected chi connectivity index (χ4v) is 4.22. The molecule has 0 saturated carbocycles. The van der Waals surface area contributed by atoms with Crippen LogP contribution in [0.4, 0.5) is 5.69 Å². The summed E-state index contributed by atoms with van der Waals surface area (Å²) < 4.78 is 5.98. The van der Waals surface area contributed by atoms with Crippen LogP contribution in [0.3, 0.4) is 0 Å². The maximum Gasteiger partial charge on any atom is 0.305 e. The molecular weight excluding hydrogens is 488 g/mol. The Labute approximate surface area is 232 Å². The second kappa shape index (κ2) is 13.9. The van der Waals surface area contributed by atoms with E-state index in [1.165, 1.54) is 22.3 Å². The molecule has 3 rings (SSSR count). The van der Waals surface area contributed by atoms with Gasteiger partial charge in [-0.1, -0.05) is 83.1 Å². The van der Waals surface area contributed by atoms with E-state index < -0.39 is 5.97 Å². The molecule has 6 heteroatoms. The Morgan fingerprint density at radius 2 is 1.44 bits per heavy atom. The van der Waals surface area contributed by atoms with E-state index >= 15 is 0 Å². The van der Waals surface area contributed by atoms with Crippen LogP contribution in [0, 0.1) is 5.92 Å². The lowest BCUT2D eigenvalue weighted by atomic mass is 9.86. The van der Waals surface area contributed by atoms with Crippen molar-refractivity contribution in [1.82, 2.24) is 5.32 Å². The van der Waals surface area contributed by atoms with Crippen LogP contribution in [0.15, 0.2) is 72.8 Å². The first-order chi connectivity index (χ1) is 18.5. The number of hydrogen-bond acceptors (Lipinski definition) is 4. The number of carbonyl (C=O) groups excluding carboxylic acids is 1. The Kier molecular flexibility index (Phi) is 10.7. The van der Waals surface area contributed by atoms with Crippen molar-refractivity contribution in [2.24, 2.45) is 5.92 Å². The quantitative estimate of drug-likeness (QED) is 0.233. The second-order valence-corrected chi connectivity index (χ2v) is 11.5. The number of hydrogen-bond donors (Lipinski definition) is 3. The molecule has 1 atom stereocenters. The summed E-state index contributed by atoms with van der Waals surface area (Å²) in [5.41, 5.74) is 6.45. The Balaban J connectivity index is 1.65. The lowest BCUT2D eigenvalue weighted by Gasteiger charge is -2.21. The van der Waals surface area contributed by atoms with Crippen molar-refractivity contribution >= 4 is 17.6 Å². The number of ether oxygens (including phenoxy) is 1. The normalized spacial score (nSPS) is 12.3. The predicted molar refractivity (Wildman–Crippen MR) is 158 cm³/mol. The largest absolute Gasteiger partial charge is 0.481 e. The van der Waals surface area contributed by atoms with Gasteiger partial charge in [-0.2, -0.15) is 0 Å². The summed E-state index contributed by atoms with van der Waals surface area (Å²) in [5, 5.41) is 14.9. The molecule has 0 aromatic heterocycles. The van der Waals surface area contributed by atoms with Gasteiger partial charge in [0.15, 0.2) is 0 Å². The zero-order chi connectivity index (χ0) is 28.4.